The summed E-state index contributed by atoms with van der Waals surface area (Å²) in [6.45, 7) is 9.25. The second kappa shape index (κ2) is 16.0. The Balaban J connectivity index is 0.739. The number of phenolic OH excluding ortho intramolecular Hbond substituents is 1. The topological polar surface area (TPSA) is 170 Å². The molecule has 0 bridgehead atoms. The monoisotopic (exact) mass is 775 g/mol. The number of carbonyl (C=O) groups excluding carboxylic acids is 1. The first-order valence-corrected chi connectivity index (χ1v) is 20.8. The third kappa shape index (κ3) is 7.81. The Morgan fingerprint density at radius 3 is 2.51 bits per heavy atom. The molecule has 0 radical (unpaired) electrons. The normalized spacial score (nSPS) is 22.6. The third-order valence-electron chi connectivity index (χ3n) is 12.9. The Hall–Kier alpha value is -5.08. The fraction of sp³-hybridized carbons (Fsp3) is 0.535. The Labute approximate surface area is 332 Å². The fourth-order valence-corrected chi connectivity index (χ4v) is 9.54. The number of piperidine rings is 1. The Morgan fingerprint density at radius 2 is 1.77 bits per heavy atom. The molecule has 3 N–H and O–H groups in total. The number of aromatic hydroxyl groups is 1. The first-order chi connectivity index (χ1) is 27.8. The van der Waals surface area contributed by atoms with Crippen molar-refractivity contribution in [1.82, 2.24) is 40.1 Å². The third-order valence-corrected chi connectivity index (χ3v) is 12.9. The van der Waals surface area contributed by atoms with Gasteiger partial charge in [0.2, 0.25) is 11.9 Å². The number of amides is 1. The van der Waals surface area contributed by atoms with Gasteiger partial charge >= 0.3 is 0 Å². The lowest BCUT2D eigenvalue weighted by Gasteiger charge is -2.40. The summed E-state index contributed by atoms with van der Waals surface area (Å²) < 4.78 is 11.7. The molecular formula is C43H53N9O5. The van der Waals surface area contributed by atoms with E-state index in [2.05, 4.69) is 30.1 Å². The molecule has 14 heteroatoms. The second-order valence-electron chi connectivity index (χ2n) is 16.9. The van der Waals surface area contributed by atoms with Gasteiger partial charge in [0.1, 0.15) is 11.7 Å². The molecule has 0 spiro atoms. The van der Waals surface area contributed by atoms with Crippen LogP contribution in [-0.2, 0) is 17.8 Å². The van der Waals surface area contributed by atoms with Crippen molar-refractivity contribution in [2.45, 2.75) is 95.7 Å². The van der Waals surface area contributed by atoms with E-state index in [9.17, 15) is 15.0 Å². The predicted octanol–water partition coefficient (Wildman–Crippen LogP) is 5.82. The summed E-state index contributed by atoms with van der Waals surface area (Å²) in [6, 6.07) is 11.6. The molecule has 4 aromatic heterocycles. The van der Waals surface area contributed by atoms with Crippen molar-refractivity contribution in [1.29, 1.82) is 0 Å². The maximum absolute atomic E-state index is 13.2. The van der Waals surface area contributed by atoms with Gasteiger partial charge in [-0.15, -0.1) is 10.2 Å². The first-order valence-electron chi connectivity index (χ1n) is 20.8. The minimum absolute atomic E-state index is 0.0180. The summed E-state index contributed by atoms with van der Waals surface area (Å²) in [4.78, 5) is 33.1. The number of aliphatic hydroxyl groups excluding tert-OH is 1. The molecule has 14 nitrogen and oxygen atoms in total. The van der Waals surface area contributed by atoms with Crippen molar-refractivity contribution < 1.29 is 24.3 Å². The lowest BCUT2D eigenvalue weighted by atomic mass is 9.83. The lowest BCUT2D eigenvalue weighted by Crippen LogP contribution is -2.43. The van der Waals surface area contributed by atoms with Gasteiger partial charge in [-0.25, -0.2) is 9.97 Å². The molecular weight excluding hydrogens is 723 g/mol. The average molecular weight is 776 g/mol. The number of likely N-dealkylation sites (tertiary alicyclic amines) is 2. The number of aromatic amines is 1. The quantitative estimate of drug-likeness (QED) is 0.156. The van der Waals surface area contributed by atoms with Gasteiger partial charge in [-0.3, -0.25) is 4.79 Å². The number of H-pyrrole nitrogens is 1. The first kappa shape index (κ1) is 37.5. The van der Waals surface area contributed by atoms with Crippen molar-refractivity contribution in [2.75, 3.05) is 44.2 Å². The highest BCUT2D eigenvalue weighted by atomic mass is 16.5. The largest absolute Gasteiger partial charge is 0.507 e. The highest BCUT2D eigenvalue weighted by Gasteiger charge is 2.36. The van der Waals surface area contributed by atoms with Crippen molar-refractivity contribution >= 4 is 22.9 Å². The molecule has 5 aromatic rings. The number of nitrogens with zero attached hydrogens (tertiary/aromatic N) is 8. The van der Waals surface area contributed by atoms with Crippen LogP contribution in [0.15, 0.2) is 53.3 Å². The fourth-order valence-electron chi connectivity index (χ4n) is 9.54. The van der Waals surface area contributed by atoms with Crippen LogP contribution in [-0.4, -0.2) is 108 Å². The van der Waals surface area contributed by atoms with Crippen LogP contribution in [0.5, 0.6) is 11.6 Å². The van der Waals surface area contributed by atoms with E-state index in [1.807, 2.05) is 44.4 Å². The highest BCUT2D eigenvalue weighted by Crippen LogP contribution is 2.36. The summed E-state index contributed by atoms with van der Waals surface area (Å²) in [5.74, 6) is 2.44. The number of carbonyl (C=O) groups is 1. The number of rotatable bonds is 10. The number of fused-ring (bicyclic) bond motifs is 3. The minimum atomic E-state index is -0.452. The van der Waals surface area contributed by atoms with Crippen molar-refractivity contribution in [2.24, 2.45) is 11.8 Å². The Kier molecular flexibility index (Phi) is 10.6. The van der Waals surface area contributed by atoms with Gasteiger partial charge in [0, 0.05) is 79.3 Å². The zero-order chi connectivity index (χ0) is 39.0. The number of benzene rings is 1. The van der Waals surface area contributed by atoms with Crippen LogP contribution in [0.25, 0.3) is 22.3 Å². The number of aliphatic hydroxyl groups is 1. The van der Waals surface area contributed by atoms with E-state index in [0.717, 1.165) is 68.7 Å². The summed E-state index contributed by atoms with van der Waals surface area (Å²) in [7, 11) is 0. The Morgan fingerprint density at radius 1 is 0.982 bits per heavy atom. The number of anilines is 1. The molecule has 1 saturated carbocycles. The van der Waals surface area contributed by atoms with Crippen LogP contribution >= 0.6 is 0 Å². The maximum atomic E-state index is 13.2. The van der Waals surface area contributed by atoms with Crippen LogP contribution in [0.2, 0.25) is 0 Å². The summed E-state index contributed by atoms with van der Waals surface area (Å²) >= 11 is 0. The zero-order valence-electron chi connectivity index (χ0n) is 32.9. The molecule has 1 aliphatic carbocycles. The number of phenols is 1. The molecule has 57 heavy (non-hydrogen) atoms. The average Bonchev–Trinajstić information content (AvgIpc) is 3.99. The van der Waals surface area contributed by atoms with E-state index in [1.165, 1.54) is 29.7 Å². The smallest absolute Gasteiger partial charge is 0.254 e. The SMILES string of the molecule is CC(C)C(C(=O)N1CCC(O)C1)c1cc(OCC2CCC(N3CCC(c4cnc(N5CCc6[nH]c7nnc(-c8ccccc8O)cc7c6C5)nc4)CC3)CC2)no1. The van der Waals surface area contributed by atoms with Gasteiger partial charge in [0.05, 0.1) is 18.4 Å². The Bertz CT molecular complexity index is 2170. The van der Waals surface area contributed by atoms with E-state index in [1.54, 1.807) is 23.1 Å². The van der Waals surface area contributed by atoms with Crippen molar-refractivity contribution in [3.63, 3.8) is 0 Å². The molecule has 9 rings (SSSR count). The standard InChI is InChI=1S/C43H53N9O5/c1-26(2)40(42(55)51-17-13-31(53)23-51)38-20-39(49-57-38)56-25-27-7-9-30(10-8-27)50-15-11-28(12-16-50)29-21-44-43(45-22-29)52-18-14-35-34(24-52)33-19-36(47-48-41(33)46-35)32-5-3-4-6-37(32)54/h3-6,19-22,26-28,30-31,40,53-54H,7-18,23-25H2,1-2H3,(H,46,48). The number of β-amino-alcohol motifs (C(OH)–C–C–N with tert-alkyl or cyclic N) is 1. The highest BCUT2D eigenvalue weighted by molar-refractivity contribution is 5.86. The van der Waals surface area contributed by atoms with E-state index < -0.39 is 12.0 Å². The van der Waals surface area contributed by atoms with Gasteiger partial charge in [-0.05, 0) is 105 Å². The molecule has 2 saturated heterocycles. The van der Waals surface area contributed by atoms with Gasteiger partial charge in [0.25, 0.3) is 5.88 Å². The number of ether oxygens (including phenoxy) is 1. The molecule has 2 atom stereocenters. The van der Waals surface area contributed by atoms with Crippen LogP contribution < -0.4 is 9.64 Å². The zero-order valence-corrected chi connectivity index (χ0v) is 32.9. The van der Waals surface area contributed by atoms with Gasteiger partial charge in [-0.2, -0.15) is 0 Å². The second-order valence-corrected chi connectivity index (χ2v) is 16.9. The number of nitrogens with one attached hydrogen (secondary N) is 1. The molecule has 1 aromatic carbocycles. The number of aromatic nitrogens is 6. The van der Waals surface area contributed by atoms with E-state index >= 15 is 0 Å². The van der Waals surface area contributed by atoms with Gasteiger partial charge < -0.3 is 39.2 Å². The molecule has 4 aliphatic rings. The summed E-state index contributed by atoms with van der Waals surface area (Å²) in [5.41, 5.74) is 5.65. The van der Waals surface area contributed by atoms with E-state index in [-0.39, 0.29) is 17.6 Å². The summed E-state index contributed by atoms with van der Waals surface area (Å²) in [5, 5.41) is 34.3. The predicted molar refractivity (Wildman–Crippen MR) is 214 cm³/mol. The van der Waals surface area contributed by atoms with E-state index in [4.69, 9.17) is 19.2 Å². The van der Waals surface area contributed by atoms with Crippen LogP contribution in [0, 0.1) is 11.8 Å². The minimum Gasteiger partial charge on any atom is -0.507 e. The maximum Gasteiger partial charge on any atom is 0.254 e. The molecule has 300 valence electrons. The molecule has 3 aliphatic heterocycles. The molecule has 7 heterocycles. The molecule has 1 amide bonds. The molecule has 3 fully saturated rings. The number of hydrogen-bond acceptors (Lipinski definition) is 12. The van der Waals surface area contributed by atoms with Crippen LogP contribution in [0.1, 0.15) is 93.2 Å². The molecule has 2 unspecified atom stereocenters. The van der Waals surface area contributed by atoms with Crippen LogP contribution in [0.4, 0.5) is 5.95 Å². The lowest BCUT2D eigenvalue weighted by molar-refractivity contribution is -0.133. The van der Waals surface area contributed by atoms with Gasteiger partial charge in [-0.1, -0.05) is 26.0 Å². The number of hydrogen-bond donors (Lipinski definition) is 3. The van der Waals surface area contributed by atoms with E-state index in [0.29, 0.717) is 73.4 Å². The summed E-state index contributed by atoms with van der Waals surface area (Å²) in [6.07, 6.45) is 11.9. The van der Waals surface area contributed by atoms with Crippen molar-refractivity contribution in [3.8, 4) is 22.9 Å². The van der Waals surface area contributed by atoms with Gasteiger partial charge in [0.15, 0.2) is 11.4 Å². The van der Waals surface area contributed by atoms with Crippen molar-refractivity contribution in [3.05, 3.63) is 71.4 Å². The van der Waals surface area contributed by atoms with Crippen LogP contribution in [0.3, 0.4) is 0 Å². The number of para-hydroxylation sites is 1.